The van der Waals surface area contributed by atoms with Crippen LogP contribution in [0.15, 0.2) is 30.3 Å². The van der Waals surface area contributed by atoms with Crippen LogP contribution in [-0.4, -0.2) is 36.7 Å². The molecule has 5 heteroatoms. The fourth-order valence-electron chi connectivity index (χ4n) is 1.85. The molecule has 0 spiro atoms. The Morgan fingerprint density at radius 2 is 1.83 bits per heavy atom. The standard InChI is InChI=1S/C13H16N2O3/c16-12(11-6-2-1-3-7-11)14-10-18-13(17)15-8-4-5-9-15/h1-3,6-7H,4-5,8-10H2,(H,14,16). The van der Waals surface area contributed by atoms with Crippen molar-refractivity contribution < 1.29 is 14.3 Å². The number of ether oxygens (including phenoxy) is 1. The summed E-state index contributed by atoms with van der Waals surface area (Å²) in [6.07, 6.45) is 1.68. The van der Waals surface area contributed by atoms with Crippen molar-refractivity contribution in [2.24, 2.45) is 0 Å². The maximum Gasteiger partial charge on any atom is 0.411 e. The van der Waals surface area contributed by atoms with Gasteiger partial charge in [-0.1, -0.05) is 18.2 Å². The van der Waals surface area contributed by atoms with E-state index >= 15 is 0 Å². The zero-order chi connectivity index (χ0) is 12.8. The lowest BCUT2D eigenvalue weighted by atomic mass is 10.2. The second-order valence-electron chi connectivity index (χ2n) is 4.12. The van der Waals surface area contributed by atoms with Crippen LogP contribution in [0.25, 0.3) is 0 Å². The van der Waals surface area contributed by atoms with Crippen LogP contribution in [0.2, 0.25) is 0 Å². The van der Waals surface area contributed by atoms with E-state index < -0.39 is 0 Å². The predicted molar refractivity (Wildman–Crippen MR) is 66.1 cm³/mol. The van der Waals surface area contributed by atoms with Gasteiger partial charge in [0.1, 0.15) is 0 Å². The van der Waals surface area contributed by atoms with Crippen LogP contribution in [0.3, 0.4) is 0 Å². The molecule has 5 nitrogen and oxygen atoms in total. The van der Waals surface area contributed by atoms with Crippen LogP contribution in [0, 0.1) is 0 Å². The quantitative estimate of drug-likeness (QED) is 0.827. The van der Waals surface area contributed by atoms with E-state index in [9.17, 15) is 9.59 Å². The molecule has 2 rings (SSSR count). The molecule has 0 atom stereocenters. The second-order valence-corrected chi connectivity index (χ2v) is 4.12. The molecule has 0 saturated carbocycles. The lowest BCUT2D eigenvalue weighted by molar-refractivity contribution is 0.0813. The van der Waals surface area contributed by atoms with Crippen molar-refractivity contribution in [1.29, 1.82) is 0 Å². The maximum absolute atomic E-state index is 11.6. The lowest BCUT2D eigenvalue weighted by Crippen LogP contribution is -2.33. The topological polar surface area (TPSA) is 58.6 Å². The minimum Gasteiger partial charge on any atom is -0.428 e. The number of hydrogen-bond donors (Lipinski definition) is 1. The van der Waals surface area contributed by atoms with Crippen molar-refractivity contribution in [2.75, 3.05) is 19.8 Å². The van der Waals surface area contributed by atoms with Gasteiger partial charge in [-0.2, -0.15) is 0 Å². The van der Waals surface area contributed by atoms with Crippen LogP contribution in [-0.2, 0) is 4.74 Å². The Kier molecular flexibility index (Phi) is 4.17. The predicted octanol–water partition coefficient (Wildman–Crippen LogP) is 1.61. The molecule has 1 aromatic rings. The van der Waals surface area contributed by atoms with Gasteiger partial charge in [0.05, 0.1) is 0 Å². The van der Waals surface area contributed by atoms with Crippen LogP contribution in [0.5, 0.6) is 0 Å². The van der Waals surface area contributed by atoms with Gasteiger partial charge in [-0.15, -0.1) is 0 Å². The van der Waals surface area contributed by atoms with E-state index in [1.165, 1.54) is 0 Å². The van der Waals surface area contributed by atoms with Gasteiger partial charge in [-0.25, -0.2) is 4.79 Å². The van der Waals surface area contributed by atoms with Crippen molar-refractivity contribution in [1.82, 2.24) is 10.2 Å². The largest absolute Gasteiger partial charge is 0.428 e. The van der Waals surface area contributed by atoms with E-state index in [0.717, 1.165) is 25.9 Å². The SMILES string of the molecule is O=C(NCOC(=O)N1CCCC1)c1ccccc1. The molecule has 1 saturated heterocycles. The number of amides is 2. The average Bonchev–Trinajstić information content (AvgIpc) is 2.93. The third kappa shape index (κ3) is 3.23. The molecule has 0 aromatic heterocycles. The minimum atomic E-state index is -0.360. The molecular formula is C13H16N2O3. The average molecular weight is 248 g/mol. The summed E-state index contributed by atoms with van der Waals surface area (Å²) >= 11 is 0. The monoisotopic (exact) mass is 248 g/mol. The number of carbonyl (C=O) groups is 2. The number of carbonyl (C=O) groups excluding carboxylic acids is 2. The summed E-state index contributed by atoms with van der Waals surface area (Å²) in [4.78, 5) is 24.8. The summed E-state index contributed by atoms with van der Waals surface area (Å²) in [6.45, 7) is 1.39. The van der Waals surface area contributed by atoms with Gasteiger partial charge < -0.3 is 15.0 Å². The van der Waals surface area contributed by atoms with Gasteiger partial charge >= 0.3 is 6.09 Å². The highest BCUT2D eigenvalue weighted by Gasteiger charge is 2.19. The fourth-order valence-corrected chi connectivity index (χ4v) is 1.85. The fraction of sp³-hybridized carbons (Fsp3) is 0.385. The maximum atomic E-state index is 11.6. The summed E-state index contributed by atoms with van der Waals surface area (Å²) in [5, 5.41) is 2.54. The number of benzene rings is 1. The van der Waals surface area contributed by atoms with Crippen molar-refractivity contribution in [3.8, 4) is 0 Å². The van der Waals surface area contributed by atoms with E-state index in [0.29, 0.717) is 5.56 Å². The minimum absolute atomic E-state index is 0.0942. The van der Waals surface area contributed by atoms with Gasteiger partial charge in [-0.05, 0) is 25.0 Å². The summed E-state index contributed by atoms with van der Waals surface area (Å²) in [5.41, 5.74) is 0.551. The van der Waals surface area contributed by atoms with Gasteiger partial charge in [0.15, 0.2) is 6.73 Å². The molecule has 1 aromatic carbocycles. The Bertz CT molecular complexity index is 414. The van der Waals surface area contributed by atoms with Crippen LogP contribution in [0.1, 0.15) is 23.2 Å². The normalized spacial score (nSPS) is 14.3. The Morgan fingerprint density at radius 3 is 2.50 bits per heavy atom. The molecule has 0 aliphatic carbocycles. The number of rotatable bonds is 3. The summed E-state index contributed by atoms with van der Waals surface area (Å²) in [6, 6.07) is 8.82. The molecule has 0 radical (unpaired) electrons. The van der Waals surface area contributed by atoms with Gasteiger partial charge in [0, 0.05) is 18.7 Å². The van der Waals surface area contributed by atoms with Gasteiger partial charge in [0.2, 0.25) is 0 Å². The van der Waals surface area contributed by atoms with Crippen LogP contribution in [0.4, 0.5) is 4.79 Å². The third-order valence-electron chi connectivity index (χ3n) is 2.83. The first kappa shape index (κ1) is 12.4. The van der Waals surface area contributed by atoms with Crippen LogP contribution < -0.4 is 5.32 Å². The van der Waals surface area contributed by atoms with E-state index in [1.54, 1.807) is 29.2 Å². The Morgan fingerprint density at radius 1 is 1.17 bits per heavy atom. The van der Waals surface area contributed by atoms with Crippen molar-refractivity contribution in [3.63, 3.8) is 0 Å². The molecular weight excluding hydrogens is 232 g/mol. The van der Waals surface area contributed by atoms with Crippen molar-refractivity contribution in [3.05, 3.63) is 35.9 Å². The zero-order valence-electron chi connectivity index (χ0n) is 10.1. The molecule has 1 N–H and O–H groups in total. The van der Waals surface area contributed by atoms with Crippen LogP contribution >= 0.6 is 0 Å². The first-order chi connectivity index (χ1) is 8.77. The molecule has 2 amide bonds. The van der Waals surface area contributed by atoms with E-state index in [1.807, 2.05) is 6.07 Å². The van der Waals surface area contributed by atoms with E-state index in [-0.39, 0.29) is 18.7 Å². The number of nitrogens with one attached hydrogen (secondary N) is 1. The Hall–Kier alpha value is -2.04. The molecule has 0 unspecified atom stereocenters. The molecule has 1 heterocycles. The van der Waals surface area contributed by atoms with Gasteiger partial charge in [-0.3, -0.25) is 4.79 Å². The second kappa shape index (κ2) is 6.05. The lowest BCUT2D eigenvalue weighted by Gasteiger charge is -2.15. The van der Waals surface area contributed by atoms with E-state index in [2.05, 4.69) is 5.32 Å². The summed E-state index contributed by atoms with van der Waals surface area (Å²) in [7, 11) is 0. The molecule has 1 fully saturated rings. The first-order valence-corrected chi connectivity index (χ1v) is 6.02. The van der Waals surface area contributed by atoms with Crippen molar-refractivity contribution >= 4 is 12.0 Å². The summed E-state index contributed by atoms with van der Waals surface area (Å²) < 4.78 is 4.97. The highest BCUT2D eigenvalue weighted by Crippen LogP contribution is 2.08. The number of nitrogens with zero attached hydrogens (tertiary/aromatic N) is 1. The zero-order valence-corrected chi connectivity index (χ0v) is 10.1. The number of likely N-dealkylation sites (tertiary alicyclic amines) is 1. The third-order valence-corrected chi connectivity index (χ3v) is 2.83. The Labute approximate surface area is 106 Å². The first-order valence-electron chi connectivity index (χ1n) is 6.02. The number of hydrogen-bond acceptors (Lipinski definition) is 3. The van der Waals surface area contributed by atoms with Crippen molar-refractivity contribution in [2.45, 2.75) is 12.8 Å². The molecule has 18 heavy (non-hydrogen) atoms. The van der Waals surface area contributed by atoms with E-state index in [4.69, 9.17) is 4.74 Å². The summed E-state index contributed by atoms with van der Waals surface area (Å²) in [5.74, 6) is -0.246. The highest BCUT2D eigenvalue weighted by molar-refractivity contribution is 5.94. The molecule has 1 aliphatic heterocycles. The highest BCUT2D eigenvalue weighted by atomic mass is 16.6. The van der Waals surface area contributed by atoms with Gasteiger partial charge in [0.25, 0.3) is 5.91 Å². The molecule has 1 aliphatic rings. The molecule has 0 bridgehead atoms. The molecule has 96 valence electrons. The Balaban J connectivity index is 1.72. The smallest absolute Gasteiger partial charge is 0.411 e.